The molecule has 1 aliphatic heterocycles. The van der Waals surface area contributed by atoms with E-state index in [2.05, 4.69) is 4.99 Å². The second kappa shape index (κ2) is 4.86. The van der Waals surface area contributed by atoms with Gasteiger partial charge in [-0.25, -0.2) is 9.38 Å². The lowest BCUT2D eigenvalue weighted by molar-refractivity contribution is 0.375. The Morgan fingerprint density at radius 2 is 1.95 bits per heavy atom. The van der Waals surface area contributed by atoms with Gasteiger partial charge >= 0.3 is 0 Å². The lowest BCUT2D eigenvalue weighted by Crippen LogP contribution is -2.42. The molecule has 0 saturated carbocycles. The Balaban J connectivity index is 2.11. The molecule has 0 spiro atoms. The number of guanidine groups is 1. The molecule has 2 aromatic carbocycles. The summed E-state index contributed by atoms with van der Waals surface area (Å²) in [6.45, 7) is 1.88. The van der Waals surface area contributed by atoms with Crippen LogP contribution in [0.4, 0.5) is 10.1 Å². The average Bonchev–Trinajstić information content (AvgIpc) is 2.44. The average molecular weight is 284 g/mol. The predicted molar refractivity (Wildman–Crippen MR) is 82.5 cm³/mol. The van der Waals surface area contributed by atoms with Gasteiger partial charge in [-0.15, -0.1) is 0 Å². The maximum Gasteiger partial charge on any atom is 0.197 e. The summed E-state index contributed by atoms with van der Waals surface area (Å²) >= 11 is 0. The quantitative estimate of drug-likeness (QED) is 0.846. The fourth-order valence-electron chi connectivity index (χ4n) is 2.56. The lowest BCUT2D eigenvalue weighted by atomic mass is 9.97. The number of hydrogen-bond acceptors (Lipinski definition) is 4. The van der Waals surface area contributed by atoms with Crippen molar-refractivity contribution >= 4 is 11.6 Å². The molecule has 1 aliphatic rings. The number of rotatable bonds is 1. The van der Waals surface area contributed by atoms with Gasteiger partial charge in [-0.05, 0) is 41.8 Å². The number of halogens is 1. The first-order valence-corrected chi connectivity index (χ1v) is 6.70. The van der Waals surface area contributed by atoms with Crippen LogP contribution in [0.5, 0.6) is 0 Å². The molecule has 0 saturated heterocycles. The fourth-order valence-corrected chi connectivity index (χ4v) is 2.56. The van der Waals surface area contributed by atoms with Crippen LogP contribution >= 0.6 is 0 Å². The number of aryl methyl sites for hydroxylation is 1. The van der Waals surface area contributed by atoms with E-state index in [4.69, 9.17) is 11.5 Å². The van der Waals surface area contributed by atoms with Crippen LogP contribution in [0.2, 0.25) is 0 Å². The maximum absolute atomic E-state index is 13.2. The summed E-state index contributed by atoms with van der Waals surface area (Å²) in [5.41, 5.74) is 16.5. The molecule has 0 amide bonds. The zero-order valence-corrected chi connectivity index (χ0v) is 12.0. The van der Waals surface area contributed by atoms with Crippen LogP contribution in [0.3, 0.4) is 0 Å². The number of nitrogens with zero attached hydrogens (tertiary/aromatic N) is 2. The Labute approximate surface area is 122 Å². The minimum Gasteiger partial charge on any atom is -0.369 e. The zero-order valence-electron chi connectivity index (χ0n) is 12.0. The molecule has 1 unspecified atom stereocenters. The van der Waals surface area contributed by atoms with Crippen LogP contribution in [0.15, 0.2) is 41.4 Å². The molecular formula is C16H17FN4. The first-order chi connectivity index (χ1) is 9.97. The highest BCUT2D eigenvalue weighted by Crippen LogP contribution is 2.35. The van der Waals surface area contributed by atoms with E-state index >= 15 is 0 Å². The molecule has 0 radical (unpaired) electrons. The van der Waals surface area contributed by atoms with Crippen LogP contribution in [0.25, 0.3) is 11.1 Å². The number of aliphatic imine (C=N–C) groups is 1. The van der Waals surface area contributed by atoms with Gasteiger partial charge in [-0.3, -0.25) is 0 Å². The monoisotopic (exact) mass is 284 g/mol. The third-order valence-electron chi connectivity index (χ3n) is 3.86. The van der Waals surface area contributed by atoms with Crippen LogP contribution < -0.4 is 11.5 Å². The van der Waals surface area contributed by atoms with E-state index in [-0.39, 0.29) is 12.0 Å². The minimum atomic E-state index is -0.305. The van der Waals surface area contributed by atoms with Crippen molar-refractivity contribution < 1.29 is 4.39 Å². The molecule has 4 N–H and O–H groups in total. The van der Waals surface area contributed by atoms with Gasteiger partial charge in [-0.1, -0.05) is 18.2 Å². The van der Waals surface area contributed by atoms with Gasteiger partial charge in [0, 0.05) is 12.6 Å². The third-order valence-corrected chi connectivity index (χ3v) is 3.86. The van der Waals surface area contributed by atoms with Crippen molar-refractivity contribution in [2.45, 2.75) is 13.1 Å². The molecule has 2 aromatic rings. The van der Waals surface area contributed by atoms with Crippen LogP contribution in [-0.2, 0) is 0 Å². The topological polar surface area (TPSA) is 67.6 Å². The Morgan fingerprint density at radius 1 is 1.19 bits per heavy atom. The van der Waals surface area contributed by atoms with Gasteiger partial charge in [0.2, 0.25) is 0 Å². The van der Waals surface area contributed by atoms with E-state index in [1.54, 1.807) is 11.0 Å². The molecule has 108 valence electrons. The van der Waals surface area contributed by atoms with Crippen LogP contribution in [0.1, 0.15) is 17.3 Å². The summed E-state index contributed by atoms with van der Waals surface area (Å²) < 4.78 is 13.2. The van der Waals surface area contributed by atoms with Crippen molar-refractivity contribution in [2.75, 3.05) is 7.05 Å². The van der Waals surface area contributed by atoms with Gasteiger partial charge in [0.15, 0.2) is 5.96 Å². The second-order valence-corrected chi connectivity index (χ2v) is 5.26. The van der Waals surface area contributed by atoms with E-state index in [0.29, 0.717) is 5.96 Å². The molecule has 0 aliphatic carbocycles. The highest BCUT2D eigenvalue weighted by Gasteiger charge is 2.23. The summed E-state index contributed by atoms with van der Waals surface area (Å²) in [6, 6.07) is 10.6. The standard InChI is InChI=1S/C16H17FN4/c1-9-7-11(17)4-6-12(9)10-3-5-13-14(8-10)20-16(19)21(2)15(13)18/h3-8,15H,18H2,1-2H3,(H2,19,20). The molecule has 21 heavy (non-hydrogen) atoms. The van der Waals surface area contributed by atoms with Crippen molar-refractivity contribution in [3.63, 3.8) is 0 Å². The molecular weight excluding hydrogens is 267 g/mol. The second-order valence-electron chi connectivity index (χ2n) is 5.26. The summed E-state index contributed by atoms with van der Waals surface area (Å²) in [4.78, 5) is 6.10. The van der Waals surface area contributed by atoms with Crippen molar-refractivity contribution in [3.8, 4) is 11.1 Å². The third kappa shape index (κ3) is 2.25. The van der Waals surface area contributed by atoms with Gasteiger partial charge in [0.05, 0.1) is 5.69 Å². The lowest BCUT2D eigenvalue weighted by Gasteiger charge is -2.31. The normalized spacial score (nSPS) is 17.4. The van der Waals surface area contributed by atoms with Gasteiger partial charge in [0.1, 0.15) is 12.0 Å². The number of nitrogens with two attached hydrogens (primary N) is 2. The van der Waals surface area contributed by atoms with E-state index < -0.39 is 0 Å². The first kappa shape index (κ1) is 13.6. The predicted octanol–water partition coefficient (Wildman–Crippen LogP) is 2.65. The molecule has 0 fully saturated rings. The Morgan fingerprint density at radius 3 is 2.67 bits per heavy atom. The van der Waals surface area contributed by atoms with E-state index in [0.717, 1.165) is 27.9 Å². The van der Waals surface area contributed by atoms with Gasteiger partial charge < -0.3 is 16.4 Å². The Kier molecular flexibility index (Phi) is 3.14. The number of benzene rings is 2. The SMILES string of the molecule is Cc1cc(F)ccc1-c1ccc2c(c1)N=C(N)N(C)C2N. The van der Waals surface area contributed by atoms with Crippen molar-refractivity contribution in [3.05, 3.63) is 53.3 Å². The van der Waals surface area contributed by atoms with Crippen LogP contribution in [-0.4, -0.2) is 17.9 Å². The molecule has 4 nitrogen and oxygen atoms in total. The smallest absolute Gasteiger partial charge is 0.197 e. The van der Waals surface area contributed by atoms with Crippen molar-refractivity contribution in [1.29, 1.82) is 0 Å². The van der Waals surface area contributed by atoms with E-state index in [1.165, 1.54) is 12.1 Å². The largest absolute Gasteiger partial charge is 0.369 e. The highest BCUT2D eigenvalue weighted by atomic mass is 19.1. The summed E-state index contributed by atoms with van der Waals surface area (Å²) in [5, 5.41) is 0. The molecule has 5 heteroatoms. The fraction of sp³-hybridized carbons (Fsp3) is 0.188. The summed E-state index contributed by atoms with van der Waals surface area (Å²) in [6.07, 6.45) is -0.305. The Hall–Kier alpha value is -2.40. The summed E-state index contributed by atoms with van der Waals surface area (Å²) in [7, 11) is 1.81. The molecule has 0 bridgehead atoms. The molecule has 0 aromatic heterocycles. The maximum atomic E-state index is 13.2. The van der Waals surface area contributed by atoms with Crippen molar-refractivity contribution in [2.24, 2.45) is 16.5 Å². The summed E-state index contributed by atoms with van der Waals surface area (Å²) in [5.74, 6) is 0.156. The van der Waals surface area contributed by atoms with Gasteiger partial charge in [-0.2, -0.15) is 0 Å². The van der Waals surface area contributed by atoms with Crippen molar-refractivity contribution in [1.82, 2.24) is 4.90 Å². The number of fused-ring (bicyclic) bond motifs is 1. The van der Waals surface area contributed by atoms with Gasteiger partial charge in [0.25, 0.3) is 0 Å². The number of hydrogen-bond donors (Lipinski definition) is 2. The van der Waals surface area contributed by atoms with Crippen LogP contribution in [0, 0.1) is 12.7 Å². The minimum absolute atomic E-state index is 0.236. The van der Waals surface area contributed by atoms with E-state index in [1.807, 2.05) is 32.2 Å². The highest BCUT2D eigenvalue weighted by molar-refractivity contribution is 5.85. The molecule has 3 rings (SSSR count). The Bertz CT molecular complexity index is 739. The molecule has 1 atom stereocenters. The van der Waals surface area contributed by atoms with E-state index in [9.17, 15) is 4.39 Å². The first-order valence-electron chi connectivity index (χ1n) is 6.70. The molecule has 1 heterocycles. The zero-order chi connectivity index (χ0) is 15.1.